The zero-order valence-corrected chi connectivity index (χ0v) is 11.7. The van der Waals surface area contributed by atoms with Gasteiger partial charge in [0.05, 0.1) is 0 Å². The minimum Gasteiger partial charge on any atom is -0.396 e. The van der Waals surface area contributed by atoms with E-state index in [1.54, 1.807) is 6.92 Å². The van der Waals surface area contributed by atoms with Crippen LogP contribution in [-0.2, 0) is 10.0 Å². The van der Waals surface area contributed by atoms with Crippen LogP contribution >= 0.6 is 0 Å². The molecule has 19 heavy (non-hydrogen) atoms. The quantitative estimate of drug-likeness (QED) is 0.803. The second kappa shape index (κ2) is 6.10. The minimum absolute atomic E-state index is 0.00381. The smallest absolute Gasteiger partial charge is 0.242 e. The van der Waals surface area contributed by atoms with Gasteiger partial charge in [-0.2, -0.15) is 5.26 Å². The third kappa shape index (κ3) is 3.99. The van der Waals surface area contributed by atoms with Gasteiger partial charge in [0.2, 0.25) is 10.0 Å². The first-order chi connectivity index (χ1) is 8.87. The molecule has 0 bridgehead atoms. The van der Waals surface area contributed by atoms with Gasteiger partial charge >= 0.3 is 0 Å². The molecule has 1 heterocycles. The molecule has 2 N–H and O–H groups in total. The number of nitrogens with zero attached hydrogens (tertiary/aromatic N) is 2. The third-order valence-electron chi connectivity index (χ3n) is 2.99. The Balaban J connectivity index is 3.00. The molecule has 0 amide bonds. The fourth-order valence-electron chi connectivity index (χ4n) is 1.54. The summed E-state index contributed by atoms with van der Waals surface area (Å²) in [7, 11) is -3.71. The first-order valence-corrected chi connectivity index (χ1v) is 7.36. The maximum absolute atomic E-state index is 12.2. The summed E-state index contributed by atoms with van der Waals surface area (Å²) < 4.78 is 26.9. The average Bonchev–Trinajstić information content (AvgIpc) is 2.38. The van der Waals surface area contributed by atoms with E-state index in [1.165, 1.54) is 12.1 Å². The zero-order chi connectivity index (χ0) is 14.5. The van der Waals surface area contributed by atoms with E-state index >= 15 is 0 Å². The molecule has 0 saturated carbocycles. The van der Waals surface area contributed by atoms with Crippen molar-refractivity contribution >= 4 is 10.0 Å². The van der Waals surface area contributed by atoms with Crippen LogP contribution in [0.1, 0.15) is 32.4 Å². The van der Waals surface area contributed by atoms with Crippen molar-refractivity contribution in [3.8, 4) is 6.07 Å². The Labute approximate surface area is 113 Å². The second-order valence-corrected chi connectivity index (χ2v) is 6.17. The van der Waals surface area contributed by atoms with Crippen molar-refractivity contribution in [3.63, 3.8) is 0 Å². The first kappa shape index (κ1) is 15.6. The number of rotatable bonds is 6. The predicted octanol–water partition coefficient (Wildman–Crippen LogP) is 0.783. The summed E-state index contributed by atoms with van der Waals surface area (Å²) in [5.74, 6) is 0. The lowest BCUT2D eigenvalue weighted by Gasteiger charge is -2.28. The van der Waals surface area contributed by atoms with Gasteiger partial charge < -0.3 is 5.11 Å². The van der Waals surface area contributed by atoms with E-state index in [0.29, 0.717) is 12.8 Å². The molecule has 0 radical (unpaired) electrons. The molecule has 7 heteroatoms. The first-order valence-electron chi connectivity index (χ1n) is 5.88. The summed E-state index contributed by atoms with van der Waals surface area (Å²) in [6, 6.07) is 4.51. The standard InChI is InChI=1S/C12H17N3O3S/c1-3-12(2,6-7-16)15-19(17,18)11-5-4-10(8-13)14-9-11/h4-5,9,15-16H,3,6-7H2,1-2H3. The Morgan fingerprint density at radius 3 is 2.63 bits per heavy atom. The summed E-state index contributed by atoms with van der Waals surface area (Å²) in [5.41, 5.74) is -0.547. The number of aliphatic hydroxyl groups is 1. The Morgan fingerprint density at radius 2 is 2.21 bits per heavy atom. The summed E-state index contributed by atoms with van der Waals surface area (Å²) >= 11 is 0. The normalized spacial score (nSPS) is 14.6. The van der Waals surface area contributed by atoms with Gasteiger partial charge in [0, 0.05) is 18.3 Å². The highest BCUT2D eigenvalue weighted by Gasteiger charge is 2.28. The topological polar surface area (TPSA) is 103 Å². The Morgan fingerprint density at radius 1 is 1.53 bits per heavy atom. The van der Waals surface area contributed by atoms with Crippen molar-refractivity contribution < 1.29 is 13.5 Å². The molecule has 1 atom stereocenters. The Bertz CT molecular complexity index is 563. The number of nitrogens with one attached hydrogen (secondary N) is 1. The monoisotopic (exact) mass is 283 g/mol. The van der Waals surface area contributed by atoms with E-state index in [-0.39, 0.29) is 17.2 Å². The maximum atomic E-state index is 12.2. The van der Waals surface area contributed by atoms with E-state index in [1.807, 2.05) is 13.0 Å². The highest BCUT2D eigenvalue weighted by Crippen LogP contribution is 2.18. The van der Waals surface area contributed by atoms with Crippen molar-refractivity contribution in [3.05, 3.63) is 24.0 Å². The van der Waals surface area contributed by atoms with Gasteiger partial charge in [-0.25, -0.2) is 18.1 Å². The average molecular weight is 283 g/mol. The molecule has 0 aliphatic carbocycles. The minimum atomic E-state index is -3.71. The van der Waals surface area contributed by atoms with Crippen LogP contribution in [0.25, 0.3) is 0 Å². The van der Waals surface area contributed by atoms with E-state index in [2.05, 4.69) is 9.71 Å². The molecule has 0 aliphatic rings. The second-order valence-electron chi connectivity index (χ2n) is 4.48. The van der Waals surface area contributed by atoms with Gasteiger partial charge in [0.1, 0.15) is 16.7 Å². The van der Waals surface area contributed by atoms with Crippen molar-refractivity contribution in [2.45, 2.75) is 37.1 Å². The molecule has 1 aromatic heterocycles. The number of aliphatic hydroxyl groups excluding tert-OH is 1. The molecule has 1 unspecified atom stereocenters. The van der Waals surface area contributed by atoms with Gasteiger partial charge in [-0.3, -0.25) is 0 Å². The number of sulfonamides is 1. The molecule has 1 aromatic rings. The lowest BCUT2D eigenvalue weighted by molar-refractivity contribution is 0.233. The molecule has 0 saturated heterocycles. The van der Waals surface area contributed by atoms with Gasteiger partial charge in [-0.1, -0.05) is 6.92 Å². The van der Waals surface area contributed by atoms with Gasteiger partial charge in [0.25, 0.3) is 0 Å². The van der Waals surface area contributed by atoms with Crippen LogP contribution in [0.2, 0.25) is 0 Å². The molecular formula is C12H17N3O3S. The van der Waals surface area contributed by atoms with Gasteiger partial charge in [0.15, 0.2) is 0 Å². The number of hydrogen-bond donors (Lipinski definition) is 2. The number of hydrogen-bond acceptors (Lipinski definition) is 5. The van der Waals surface area contributed by atoms with Crippen LogP contribution in [0.15, 0.2) is 23.2 Å². The molecule has 6 nitrogen and oxygen atoms in total. The fourth-order valence-corrected chi connectivity index (χ4v) is 2.99. The van der Waals surface area contributed by atoms with Gasteiger partial charge in [-0.15, -0.1) is 0 Å². The van der Waals surface area contributed by atoms with Crippen molar-refractivity contribution in [2.24, 2.45) is 0 Å². The Kier molecular flexibility index (Phi) is 5.00. The summed E-state index contributed by atoms with van der Waals surface area (Å²) in [6.45, 7) is 3.48. The lowest BCUT2D eigenvalue weighted by atomic mass is 9.97. The maximum Gasteiger partial charge on any atom is 0.242 e. The number of pyridine rings is 1. The highest BCUT2D eigenvalue weighted by atomic mass is 32.2. The lowest BCUT2D eigenvalue weighted by Crippen LogP contribution is -2.46. The van der Waals surface area contributed by atoms with Crippen LogP contribution in [-0.4, -0.2) is 30.7 Å². The number of nitriles is 1. The van der Waals surface area contributed by atoms with Crippen LogP contribution in [0.4, 0.5) is 0 Å². The van der Waals surface area contributed by atoms with Crippen molar-refractivity contribution in [2.75, 3.05) is 6.61 Å². The fraction of sp³-hybridized carbons (Fsp3) is 0.500. The van der Waals surface area contributed by atoms with E-state index < -0.39 is 15.6 Å². The van der Waals surface area contributed by atoms with E-state index in [9.17, 15) is 8.42 Å². The van der Waals surface area contributed by atoms with Crippen LogP contribution in [0.5, 0.6) is 0 Å². The van der Waals surface area contributed by atoms with Crippen molar-refractivity contribution in [1.82, 2.24) is 9.71 Å². The Hall–Kier alpha value is -1.49. The molecule has 0 fully saturated rings. The largest absolute Gasteiger partial charge is 0.396 e. The summed E-state index contributed by atoms with van der Waals surface area (Å²) in [4.78, 5) is 3.74. The molecule has 104 valence electrons. The summed E-state index contributed by atoms with van der Waals surface area (Å²) in [6.07, 6.45) is 2.03. The van der Waals surface area contributed by atoms with Crippen LogP contribution in [0, 0.1) is 11.3 Å². The van der Waals surface area contributed by atoms with E-state index in [0.717, 1.165) is 6.20 Å². The highest BCUT2D eigenvalue weighted by molar-refractivity contribution is 7.89. The molecule has 0 aliphatic heterocycles. The number of aromatic nitrogens is 1. The van der Waals surface area contributed by atoms with E-state index in [4.69, 9.17) is 10.4 Å². The zero-order valence-electron chi connectivity index (χ0n) is 10.9. The summed E-state index contributed by atoms with van der Waals surface area (Å²) in [5, 5.41) is 17.6. The predicted molar refractivity (Wildman–Crippen MR) is 69.7 cm³/mol. The molecule has 1 rings (SSSR count). The molecule has 0 spiro atoms. The molecular weight excluding hydrogens is 266 g/mol. The SMILES string of the molecule is CCC(C)(CCO)NS(=O)(=O)c1ccc(C#N)nc1. The van der Waals surface area contributed by atoms with Crippen molar-refractivity contribution in [1.29, 1.82) is 5.26 Å². The van der Waals surface area contributed by atoms with Crippen LogP contribution < -0.4 is 4.72 Å². The van der Waals surface area contributed by atoms with Crippen LogP contribution in [0.3, 0.4) is 0 Å². The molecule has 0 aromatic carbocycles. The third-order valence-corrected chi connectivity index (χ3v) is 4.61. The van der Waals surface area contributed by atoms with Gasteiger partial charge in [-0.05, 0) is 31.9 Å².